The molecule has 2 nitrogen and oxygen atoms in total. The van der Waals surface area contributed by atoms with Crippen molar-refractivity contribution >= 4 is 5.97 Å². The first kappa shape index (κ1) is 10.2. The standard InChI is InChI=1S/C13H16O2/c1-2-5-10-8-11-6-3-4-7-12(11)15-13(14)9-10/h3-4,6-7,10H,2,5,8-9H2,1H3/t10-/m1/s1. The normalized spacial score (nSPS) is 20.3. The molecular formula is C13H16O2. The SMILES string of the molecule is CCC[C@H]1CC(=O)Oc2ccccc2C1. The van der Waals surface area contributed by atoms with Crippen molar-refractivity contribution in [3.05, 3.63) is 29.8 Å². The highest BCUT2D eigenvalue weighted by Gasteiger charge is 2.21. The minimum Gasteiger partial charge on any atom is -0.426 e. The van der Waals surface area contributed by atoms with Gasteiger partial charge in [0.15, 0.2) is 0 Å². The summed E-state index contributed by atoms with van der Waals surface area (Å²) in [7, 11) is 0. The average Bonchev–Trinajstić information content (AvgIpc) is 2.35. The Morgan fingerprint density at radius 1 is 1.33 bits per heavy atom. The molecule has 0 unspecified atom stereocenters. The number of esters is 1. The van der Waals surface area contributed by atoms with E-state index in [1.807, 2.05) is 18.2 Å². The highest BCUT2D eigenvalue weighted by molar-refractivity contribution is 5.74. The zero-order valence-electron chi connectivity index (χ0n) is 9.03. The molecule has 0 fully saturated rings. The van der Waals surface area contributed by atoms with Crippen molar-refractivity contribution in [3.63, 3.8) is 0 Å². The number of hydrogen-bond donors (Lipinski definition) is 0. The van der Waals surface area contributed by atoms with E-state index in [1.54, 1.807) is 0 Å². The van der Waals surface area contributed by atoms with Crippen molar-refractivity contribution in [2.45, 2.75) is 32.6 Å². The Morgan fingerprint density at radius 2 is 2.13 bits per heavy atom. The van der Waals surface area contributed by atoms with Crippen molar-refractivity contribution in [3.8, 4) is 5.75 Å². The first-order valence-corrected chi connectivity index (χ1v) is 5.58. The van der Waals surface area contributed by atoms with E-state index in [0.29, 0.717) is 12.3 Å². The van der Waals surface area contributed by atoms with E-state index in [0.717, 1.165) is 25.0 Å². The monoisotopic (exact) mass is 204 g/mol. The van der Waals surface area contributed by atoms with Crippen molar-refractivity contribution in [2.75, 3.05) is 0 Å². The van der Waals surface area contributed by atoms with Crippen molar-refractivity contribution in [2.24, 2.45) is 5.92 Å². The van der Waals surface area contributed by atoms with Gasteiger partial charge in [0.2, 0.25) is 0 Å². The number of fused-ring (bicyclic) bond motifs is 1. The van der Waals surface area contributed by atoms with Crippen molar-refractivity contribution < 1.29 is 9.53 Å². The maximum Gasteiger partial charge on any atom is 0.311 e. The van der Waals surface area contributed by atoms with E-state index in [4.69, 9.17) is 4.74 Å². The van der Waals surface area contributed by atoms with Crippen LogP contribution in [0, 0.1) is 5.92 Å². The summed E-state index contributed by atoms with van der Waals surface area (Å²) in [5.74, 6) is 1.12. The third-order valence-electron chi connectivity index (χ3n) is 2.86. The summed E-state index contributed by atoms with van der Waals surface area (Å²) in [6.07, 6.45) is 3.75. The van der Waals surface area contributed by atoms with Gasteiger partial charge in [-0.05, 0) is 30.4 Å². The van der Waals surface area contributed by atoms with Gasteiger partial charge >= 0.3 is 5.97 Å². The molecule has 0 aromatic heterocycles. The smallest absolute Gasteiger partial charge is 0.311 e. The largest absolute Gasteiger partial charge is 0.426 e. The second-order valence-corrected chi connectivity index (χ2v) is 4.14. The molecule has 0 saturated heterocycles. The molecule has 1 aliphatic heterocycles. The third kappa shape index (κ3) is 2.38. The Morgan fingerprint density at radius 3 is 2.93 bits per heavy atom. The molecule has 1 atom stereocenters. The summed E-state index contributed by atoms with van der Waals surface area (Å²) < 4.78 is 5.29. The fourth-order valence-corrected chi connectivity index (χ4v) is 2.17. The first-order chi connectivity index (χ1) is 7.29. The molecule has 1 aromatic carbocycles. The van der Waals surface area contributed by atoms with Crippen LogP contribution in [0.2, 0.25) is 0 Å². The maximum absolute atomic E-state index is 11.5. The van der Waals surface area contributed by atoms with Crippen LogP contribution in [0.5, 0.6) is 5.75 Å². The van der Waals surface area contributed by atoms with E-state index in [9.17, 15) is 4.79 Å². The van der Waals surface area contributed by atoms with Gasteiger partial charge in [0.1, 0.15) is 5.75 Å². The topological polar surface area (TPSA) is 26.3 Å². The van der Waals surface area contributed by atoms with Crippen LogP contribution in [0.4, 0.5) is 0 Å². The Labute approximate surface area is 90.3 Å². The van der Waals surface area contributed by atoms with Crippen LogP contribution in [0.25, 0.3) is 0 Å². The van der Waals surface area contributed by atoms with Crippen LogP contribution < -0.4 is 4.74 Å². The summed E-state index contributed by atoms with van der Waals surface area (Å²) in [6.45, 7) is 2.15. The lowest BCUT2D eigenvalue weighted by Gasteiger charge is -2.10. The van der Waals surface area contributed by atoms with Gasteiger partial charge in [-0.1, -0.05) is 31.5 Å². The Hall–Kier alpha value is -1.31. The van der Waals surface area contributed by atoms with E-state index in [1.165, 1.54) is 5.56 Å². The first-order valence-electron chi connectivity index (χ1n) is 5.58. The molecule has 80 valence electrons. The second kappa shape index (κ2) is 4.47. The highest BCUT2D eigenvalue weighted by atomic mass is 16.5. The number of carbonyl (C=O) groups is 1. The van der Waals surface area contributed by atoms with Gasteiger partial charge in [0, 0.05) is 6.42 Å². The Kier molecular flexibility index (Phi) is 3.05. The Balaban J connectivity index is 2.23. The quantitative estimate of drug-likeness (QED) is 0.547. The minimum atomic E-state index is -0.0848. The van der Waals surface area contributed by atoms with E-state index < -0.39 is 0 Å². The summed E-state index contributed by atoms with van der Waals surface area (Å²) in [4.78, 5) is 11.5. The molecule has 2 rings (SSSR count). The van der Waals surface area contributed by atoms with Gasteiger partial charge in [-0.15, -0.1) is 0 Å². The van der Waals surface area contributed by atoms with Crippen LogP contribution in [-0.2, 0) is 11.2 Å². The van der Waals surface area contributed by atoms with Gasteiger partial charge in [-0.3, -0.25) is 4.79 Å². The lowest BCUT2D eigenvalue weighted by atomic mass is 9.93. The van der Waals surface area contributed by atoms with Gasteiger partial charge in [0.05, 0.1) is 0 Å². The maximum atomic E-state index is 11.5. The predicted octanol–water partition coefficient (Wildman–Crippen LogP) is 2.95. The molecule has 0 amide bonds. The summed E-state index contributed by atoms with van der Waals surface area (Å²) in [6, 6.07) is 7.84. The number of carbonyl (C=O) groups excluding carboxylic acids is 1. The lowest BCUT2D eigenvalue weighted by molar-refractivity contribution is -0.135. The van der Waals surface area contributed by atoms with Gasteiger partial charge in [-0.2, -0.15) is 0 Å². The number of benzene rings is 1. The van der Waals surface area contributed by atoms with E-state index in [2.05, 4.69) is 13.0 Å². The fraction of sp³-hybridized carbons (Fsp3) is 0.462. The van der Waals surface area contributed by atoms with Crippen molar-refractivity contribution in [1.29, 1.82) is 0 Å². The fourth-order valence-electron chi connectivity index (χ4n) is 2.17. The van der Waals surface area contributed by atoms with Crippen LogP contribution in [-0.4, -0.2) is 5.97 Å². The molecule has 0 spiro atoms. The summed E-state index contributed by atoms with van der Waals surface area (Å²) in [5, 5.41) is 0. The number of ether oxygens (including phenoxy) is 1. The molecule has 0 bridgehead atoms. The molecule has 0 aliphatic carbocycles. The molecule has 0 saturated carbocycles. The van der Waals surface area contributed by atoms with Gasteiger partial charge in [0.25, 0.3) is 0 Å². The van der Waals surface area contributed by atoms with Gasteiger partial charge < -0.3 is 4.74 Å². The van der Waals surface area contributed by atoms with E-state index >= 15 is 0 Å². The second-order valence-electron chi connectivity index (χ2n) is 4.14. The molecule has 15 heavy (non-hydrogen) atoms. The molecule has 0 N–H and O–H groups in total. The molecule has 1 heterocycles. The third-order valence-corrected chi connectivity index (χ3v) is 2.86. The number of para-hydroxylation sites is 1. The zero-order chi connectivity index (χ0) is 10.7. The molecule has 1 aromatic rings. The molecule has 1 aliphatic rings. The predicted molar refractivity (Wildman–Crippen MR) is 58.8 cm³/mol. The lowest BCUT2D eigenvalue weighted by Crippen LogP contribution is -2.11. The zero-order valence-corrected chi connectivity index (χ0v) is 9.03. The number of hydrogen-bond acceptors (Lipinski definition) is 2. The van der Waals surface area contributed by atoms with Crippen LogP contribution in [0.15, 0.2) is 24.3 Å². The van der Waals surface area contributed by atoms with E-state index in [-0.39, 0.29) is 5.97 Å². The minimum absolute atomic E-state index is 0.0848. The summed E-state index contributed by atoms with van der Waals surface area (Å²) in [5.41, 5.74) is 1.17. The molecular weight excluding hydrogens is 188 g/mol. The van der Waals surface area contributed by atoms with Crippen molar-refractivity contribution in [1.82, 2.24) is 0 Å². The summed E-state index contributed by atoms with van der Waals surface area (Å²) >= 11 is 0. The Bertz CT molecular complexity index is 357. The number of rotatable bonds is 2. The van der Waals surface area contributed by atoms with Gasteiger partial charge in [-0.25, -0.2) is 0 Å². The molecule has 2 heteroatoms. The highest BCUT2D eigenvalue weighted by Crippen LogP contribution is 2.29. The molecule has 0 radical (unpaired) electrons. The van der Waals surface area contributed by atoms with Crippen LogP contribution >= 0.6 is 0 Å². The average molecular weight is 204 g/mol. The van der Waals surface area contributed by atoms with Crippen LogP contribution in [0.1, 0.15) is 31.7 Å². The van der Waals surface area contributed by atoms with Crippen LogP contribution in [0.3, 0.4) is 0 Å².